The molecule has 19 heavy (non-hydrogen) atoms. The highest BCUT2D eigenvalue weighted by Gasteiger charge is 2.45. The summed E-state index contributed by atoms with van der Waals surface area (Å²) in [6.07, 6.45) is 5.10. The maximum Gasteiger partial charge on any atom is 0.0552 e. The molecule has 3 rings (SSSR count). The summed E-state index contributed by atoms with van der Waals surface area (Å²) in [7, 11) is 0. The van der Waals surface area contributed by atoms with Crippen molar-refractivity contribution in [2.75, 3.05) is 18.0 Å². The fourth-order valence-corrected chi connectivity index (χ4v) is 4.28. The SMILES string of the molecule is CC1CCC(C)C(CN)(N2CCc3ccccc32)C1. The highest BCUT2D eigenvalue weighted by atomic mass is 15.2. The minimum atomic E-state index is 0.185. The normalized spacial score (nSPS) is 34.4. The number of rotatable bonds is 2. The molecule has 0 radical (unpaired) electrons. The van der Waals surface area contributed by atoms with Crippen LogP contribution in [0.15, 0.2) is 24.3 Å². The van der Waals surface area contributed by atoms with Crippen LogP contribution in [0.25, 0.3) is 0 Å². The Balaban J connectivity index is 1.99. The van der Waals surface area contributed by atoms with Crippen LogP contribution in [0.2, 0.25) is 0 Å². The van der Waals surface area contributed by atoms with Crippen molar-refractivity contribution in [3.63, 3.8) is 0 Å². The van der Waals surface area contributed by atoms with Crippen LogP contribution in [0.1, 0.15) is 38.7 Å². The number of para-hydroxylation sites is 1. The first-order chi connectivity index (χ1) is 9.17. The van der Waals surface area contributed by atoms with E-state index in [1.54, 1.807) is 0 Å². The van der Waals surface area contributed by atoms with Gasteiger partial charge < -0.3 is 10.6 Å². The van der Waals surface area contributed by atoms with Crippen LogP contribution in [0, 0.1) is 11.8 Å². The van der Waals surface area contributed by atoms with Crippen molar-refractivity contribution in [1.29, 1.82) is 0 Å². The van der Waals surface area contributed by atoms with Gasteiger partial charge in [0.25, 0.3) is 0 Å². The van der Waals surface area contributed by atoms with Gasteiger partial charge >= 0.3 is 0 Å². The van der Waals surface area contributed by atoms with Gasteiger partial charge in [0.15, 0.2) is 0 Å². The number of hydrogen-bond donors (Lipinski definition) is 1. The molecule has 0 amide bonds. The van der Waals surface area contributed by atoms with E-state index in [2.05, 4.69) is 43.0 Å². The van der Waals surface area contributed by atoms with Crippen molar-refractivity contribution in [3.8, 4) is 0 Å². The van der Waals surface area contributed by atoms with E-state index in [0.29, 0.717) is 5.92 Å². The molecule has 3 unspecified atom stereocenters. The molecule has 1 saturated carbocycles. The van der Waals surface area contributed by atoms with Gasteiger partial charge in [0.05, 0.1) is 5.54 Å². The second-order valence-electron chi connectivity index (χ2n) is 6.63. The molecule has 1 aliphatic carbocycles. The van der Waals surface area contributed by atoms with Gasteiger partial charge in [-0.1, -0.05) is 38.5 Å². The van der Waals surface area contributed by atoms with E-state index < -0.39 is 0 Å². The molecule has 0 spiro atoms. The van der Waals surface area contributed by atoms with Crippen LogP contribution in [0.4, 0.5) is 5.69 Å². The van der Waals surface area contributed by atoms with Gasteiger partial charge in [-0.2, -0.15) is 0 Å². The van der Waals surface area contributed by atoms with Crippen LogP contribution in [-0.4, -0.2) is 18.6 Å². The zero-order valence-corrected chi connectivity index (χ0v) is 12.2. The Morgan fingerprint density at radius 1 is 1.26 bits per heavy atom. The van der Waals surface area contributed by atoms with Crippen molar-refractivity contribution in [2.45, 2.75) is 45.1 Å². The molecule has 2 aliphatic rings. The van der Waals surface area contributed by atoms with Crippen LogP contribution < -0.4 is 10.6 Å². The van der Waals surface area contributed by atoms with Crippen LogP contribution in [0.5, 0.6) is 0 Å². The summed E-state index contributed by atoms with van der Waals surface area (Å²) in [4.78, 5) is 2.64. The average Bonchev–Trinajstić information content (AvgIpc) is 2.86. The number of fused-ring (bicyclic) bond motifs is 1. The molecular formula is C17H26N2. The smallest absolute Gasteiger partial charge is 0.0552 e. The van der Waals surface area contributed by atoms with E-state index in [1.807, 2.05) is 0 Å². The standard InChI is InChI=1S/C17H26N2/c1-13-7-8-14(2)17(11-13,12-18)19-10-9-15-5-3-4-6-16(15)19/h3-6,13-14H,7-12,18H2,1-2H3. The van der Waals surface area contributed by atoms with Gasteiger partial charge in [-0.05, 0) is 42.7 Å². The van der Waals surface area contributed by atoms with E-state index in [0.717, 1.165) is 19.0 Å². The molecule has 0 saturated heterocycles. The van der Waals surface area contributed by atoms with Gasteiger partial charge in [-0.3, -0.25) is 0 Å². The van der Waals surface area contributed by atoms with Gasteiger partial charge in [0.1, 0.15) is 0 Å². The predicted octanol–water partition coefficient (Wildman–Crippen LogP) is 3.20. The Hall–Kier alpha value is -1.02. The fraction of sp³-hybridized carbons (Fsp3) is 0.647. The van der Waals surface area contributed by atoms with Crippen LogP contribution in [0.3, 0.4) is 0 Å². The second-order valence-corrected chi connectivity index (χ2v) is 6.63. The van der Waals surface area contributed by atoms with E-state index in [1.165, 1.54) is 36.9 Å². The maximum absolute atomic E-state index is 6.29. The lowest BCUT2D eigenvalue weighted by Gasteiger charge is -2.51. The average molecular weight is 258 g/mol. The van der Waals surface area contributed by atoms with Crippen molar-refractivity contribution < 1.29 is 0 Å². The molecule has 2 nitrogen and oxygen atoms in total. The summed E-state index contributed by atoms with van der Waals surface area (Å²) < 4.78 is 0. The molecular weight excluding hydrogens is 232 g/mol. The molecule has 1 heterocycles. The third-order valence-electron chi connectivity index (χ3n) is 5.49. The molecule has 3 atom stereocenters. The second kappa shape index (κ2) is 4.82. The van der Waals surface area contributed by atoms with E-state index in [4.69, 9.17) is 5.73 Å². The zero-order chi connectivity index (χ0) is 13.5. The number of anilines is 1. The van der Waals surface area contributed by atoms with Crippen molar-refractivity contribution in [3.05, 3.63) is 29.8 Å². The molecule has 0 aromatic heterocycles. The van der Waals surface area contributed by atoms with Crippen LogP contribution in [-0.2, 0) is 6.42 Å². The van der Waals surface area contributed by atoms with Gasteiger partial charge in [0.2, 0.25) is 0 Å². The summed E-state index contributed by atoms with van der Waals surface area (Å²) in [5.41, 5.74) is 9.41. The molecule has 1 aromatic carbocycles. The molecule has 1 aromatic rings. The summed E-state index contributed by atoms with van der Waals surface area (Å²) in [5.74, 6) is 1.49. The van der Waals surface area contributed by atoms with E-state index >= 15 is 0 Å². The zero-order valence-electron chi connectivity index (χ0n) is 12.2. The largest absolute Gasteiger partial charge is 0.364 e. The highest BCUT2D eigenvalue weighted by molar-refractivity contribution is 5.60. The summed E-state index contributed by atoms with van der Waals surface area (Å²) >= 11 is 0. The lowest BCUT2D eigenvalue weighted by molar-refractivity contribution is 0.158. The Morgan fingerprint density at radius 2 is 2.05 bits per heavy atom. The minimum Gasteiger partial charge on any atom is -0.364 e. The quantitative estimate of drug-likeness (QED) is 0.882. The summed E-state index contributed by atoms with van der Waals surface area (Å²) in [6.45, 7) is 6.72. The first-order valence-corrected chi connectivity index (χ1v) is 7.73. The molecule has 2 N–H and O–H groups in total. The van der Waals surface area contributed by atoms with Crippen molar-refractivity contribution in [1.82, 2.24) is 0 Å². The fourth-order valence-electron chi connectivity index (χ4n) is 4.28. The van der Waals surface area contributed by atoms with Gasteiger partial charge in [-0.15, -0.1) is 0 Å². The Kier molecular flexibility index (Phi) is 3.30. The van der Waals surface area contributed by atoms with Crippen LogP contribution >= 0.6 is 0 Å². The molecule has 2 heteroatoms. The monoisotopic (exact) mass is 258 g/mol. The number of hydrogen-bond acceptors (Lipinski definition) is 2. The number of benzene rings is 1. The lowest BCUT2D eigenvalue weighted by atomic mass is 9.68. The van der Waals surface area contributed by atoms with Crippen molar-refractivity contribution >= 4 is 5.69 Å². The minimum absolute atomic E-state index is 0.185. The third-order valence-corrected chi connectivity index (χ3v) is 5.49. The topological polar surface area (TPSA) is 29.3 Å². The Morgan fingerprint density at radius 3 is 2.84 bits per heavy atom. The molecule has 1 aliphatic heterocycles. The summed E-state index contributed by atoms with van der Waals surface area (Å²) in [6, 6.07) is 8.88. The molecule has 0 bridgehead atoms. The first-order valence-electron chi connectivity index (χ1n) is 7.73. The molecule has 1 fully saturated rings. The third kappa shape index (κ3) is 1.97. The number of nitrogens with zero attached hydrogens (tertiary/aromatic N) is 1. The van der Waals surface area contributed by atoms with E-state index in [9.17, 15) is 0 Å². The summed E-state index contributed by atoms with van der Waals surface area (Å²) in [5, 5.41) is 0. The Labute approximate surface area is 117 Å². The first kappa shape index (κ1) is 13.0. The highest BCUT2D eigenvalue weighted by Crippen LogP contribution is 2.45. The van der Waals surface area contributed by atoms with E-state index in [-0.39, 0.29) is 5.54 Å². The van der Waals surface area contributed by atoms with Gasteiger partial charge in [0, 0.05) is 18.8 Å². The molecule has 104 valence electrons. The Bertz CT molecular complexity index is 456. The predicted molar refractivity (Wildman–Crippen MR) is 81.5 cm³/mol. The maximum atomic E-state index is 6.29. The number of nitrogens with two attached hydrogens (primary N) is 1. The van der Waals surface area contributed by atoms with Gasteiger partial charge in [-0.25, -0.2) is 0 Å². The van der Waals surface area contributed by atoms with Crippen molar-refractivity contribution in [2.24, 2.45) is 17.6 Å². The lowest BCUT2D eigenvalue weighted by Crippen LogP contribution is -2.60.